The molecule has 1 aliphatic carbocycles. The smallest absolute Gasteiger partial charge is 0.225 e. The highest BCUT2D eigenvalue weighted by Gasteiger charge is 2.43. The molecule has 2 aliphatic rings. The number of Topliss-reactive ketones (excluding diaryl/α,β-unsaturated/α-hetero) is 1. The number of nitrogens with two attached hydrogens (primary N) is 1. The molecule has 2 heterocycles. The van der Waals surface area contributed by atoms with Crippen LogP contribution in [0.5, 0.6) is 5.75 Å². The maximum Gasteiger partial charge on any atom is 0.225 e. The van der Waals surface area contributed by atoms with Crippen LogP contribution in [0.3, 0.4) is 0 Å². The Morgan fingerprint density at radius 1 is 1.17 bits per heavy atom. The Hall–Kier alpha value is -3.62. The fourth-order valence-electron chi connectivity index (χ4n) is 6.55. The van der Waals surface area contributed by atoms with Gasteiger partial charge in [0.25, 0.3) is 0 Å². The fourth-order valence-corrected chi connectivity index (χ4v) is 6.55. The first-order chi connectivity index (χ1) is 19.6. The second-order valence-electron chi connectivity index (χ2n) is 12.0. The second-order valence-corrected chi connectivity index (χ2v) is 12.0. The number of rotatable bonds is 12. The molecule has 4 N–H and O–H groups in total. The lowest BCUT2D eigenvalue weighted by molar-refractivity contribution is -0.135. The van der Waals surface area contributed by atoms with Crippen LogP contribution in [0.1, 0.15) is 75.6 Å². The predicted octanol–water partition coefficient (Wildman–Crippen LogP) is 3.48. The Morgan fingerprint density at radius 2 is 1.95 bits per heavy atom. The van der Waals surface area contributed by atoms with Gasteiger partial charge in [-0.3, -0.25) is 19.2 Å². The summed E-state index contributed by atoms with van der Waals surface area (Å²) in [5.41, 5.74) is 8.64. The highest BCUT2D eigenvalue weighted by molar-refractivity contribution is 5.93. The molecule has 5 atom stereocenters. The molecule has 2 aromatic rings. The Balaban J connectivity index is 1.51. The number of nitrogens with one attached hydrogen (secondary N) is 2. The topological polar surface area (TPSA) is 133 Å². The molecule has 0 spiro atoms. The number of primary amides is 1. The van der Waals surface area contributed by atoms with Crippen LogP contribution < -0.4 is 21.1 Å². The van der Waals surface area contributed by atoms with Gasteiger partial charge in [0.2, 0.25) is 17.7 Å². The first-order valence-corrected chi connectivity index (χ1v) is 14.8. The summed E-state index contributed by atoms with van der Waals surface area (Å²) in [5.74, 6) is -2.13. The third-order valence-corrected chi connectivity index (χ3v) is 8.54. The lowest BCUT2D eigenvalue weighted by Gasteiger charge is -2.34. The second kappa shape index (κ2) is 13.4. The number of methoxy groups -OCH3 is 1. The van der Waals surface area contributed by atoms with Crippen molar-refractivity contribution in [2.45, 2.75) is 84.3 Å². The van der Waals surface area contributed by atoms with Crippen molar-refractivity contribution < 1.29 is 23.9 Å². The Labute approximate surface area is 242 Å². The van der Waals surface area contributed by atoms with Gasteiger partial charge >= 0.3 is 0 Å². The highest BCUT2D eigenvalue weighted by Crippen LogP contribution is 2.38. The van der Waals surface area contributed by atoms with E-state index in [4.69, 9.17) is 10.5 Å². The van der Waals surface area contributed by atoms with E-state index in [0.717, 1.165) is 29.7 Å². The number of aryl methyl sites for hydroxylation is 1. The zero-order chi connectivity index (χ0) is 29.7. The molecule has 3 amide bonds. The monoisotopic (exact) mass is 564 g/mol. The number of carbonyl (C=O) groups excluding carboxylic acids is 4. The van der Waals surface area contributed by atoms with Crippen molar-refractivity contribution in [3.8, 4) is 5.75 Å². The maximum atomic E-state index is 13.8. The van der Waals surface area contributed by atoms with E-state index >= 15 is 0 Å². The van der Waals surface area contributed by atoms with Gasteiger partial charge < -0.3 is 25.7 Å². The van der Waals surface area contributed by atoms with Crippen molar-refractivity contribution in [1.82, 2.24) is 15.2 Å². The minimum atomic E-state index is -0.548. The molecule has 0 saturated heterocycles. The number of hydrogen-bond donors (Lipinski definition) is 3. The van der Waals surface area contributed by atoms with Crippen molar-refractivity contribution >= 4 is 23.5 Å². The Bertz CT molecular complexity index is 1270. The Kier molecular flexibility index (Phi) is 9.89. The number of aromatic nitrogens is 1. The number of hydrogen-bond acceptors (Lipinski definition) is 5. The average Bonchev–Trinajstić information content (AvgIpc) is 3.28. The van der Waals surface area contributed by atoms with Crippen molar-refractivity contribution in [2.75, 3.05) is 7.11 Å². The standard InChI is InChI=1S/C32H44N4O5/c1-5-7-24(30(33)38)25(14-19(2)3)32(40)35-26-11-10-21-12-13-36-18-22(16-27(37)28(26)29(21)36)31(39)34-17-20-8-6-9-23(15-20)41-4/h6,8-9,12-13,15,19,22,24-26,28H,5,7,10-11,14,16-18H2,1-4H3,(H2,33,38)(H,34,39)(H,35,40). The first-order valence-electron chi connectivity index (χ1n) is 14.8. The van der Waals surface area contributed by atoms with Crippen molar-refractivity contribution in [2.24, 2.45) is 29.4 Å². The lowest BCUT2D eigenvalue weighted by Crippen LogP contribution is -2.49. The van der Waals surface area contributed by atoms with Crippen LogP contribution in [-0.2, 0) is 38.7 Å². The molecule has 9 nitrogen and oxygen atoms in total. The summed E-state index contributed by atoms with van der Waals surface area (Å²) >= 11 is 0. The minimum Gasteiger partial charge on any atom is -0.497 e. The van der Waals surface area contributed by atoms with Crippen LogP contribution in [0.15, 0.2) is 36.5 Å². The third kappa shape index (κ3) is 7.00. The fraction of sp³-hybridized carbons (Fsp3) is 0.562. The number of carbonyl (C=O) groups is 4. The van der Waals surface area contributed by atoms with Gasteiger partial charge in [0.05, 0.1) is 18.9 Å². The summed E-state index contributed by atoms with van der Waals surface area (Å²) in [6.07, 6.45) is 5.24. The van der Waals surface area contributed by atoms with Gasteiger partial charge in [-0.25, -0.2) is 0 Å². The van der Waals surface area contributed by atoms with Gasteiger partial charge in [0, 0.05) is 49.3 Å². The van der Waals surface area contributed by atoms with Gasteiger partial charge in [-0.05, 0) is 60.9 Å². The van der Waals surface area contributed by atoms with Crippen LogP contribution in [0.4, 0.5) is 0 Å². The van der Waals surface area contributed by atoms with Crippen LogP contribution >= 0.6 is 0 Å². The normalized spacial score (nSPS) is 21.4. The van der Waals surface area contributed by atoms with E-state index in [9.17, 15) is 19.2 Å². The highest BCUT2D eigenvalue weighted by atomic mass is 16.5. The summed E-state index contributed by atoms with van der Waals surface area (Å²) in [6, 6.07) is 9.13. The van der Waals surface area contributed by atoms with Gasteiger partial charge in [-0.1, -0.05) is 39.3 Å². The molecule has 0 saturated carbocycles. The molecule has 0 radical (unpaired) electrons. The van der Waals surface area contributed by atoms with Gasteiger partial charge in [0.15, 0.2) is 0 Å². The molecular formula is C32H44N4O5. The Morgan fingerprint density at radius 3 is 2.63 bits per heavy atom. The number of ketones is 1. The van der Waals surface area contributed by atoms with E-state index in [1.165, 1.54) is 0 Å². The van der Waals surface area contributed by atoms with E-state index in [0.29, 0.717) is 38.1 Å². The number of ether oxygens (including phenoxy) is 1. The number of nitrogens with zero attached hydrogens (tertiary/aromatic N) is 1. The maximum absolute atomic E-state index is 13.8. The van der Waals surface area contributed by atoms with E-state index in [1.807, 2.05) is 61.9 Å². The molecule has 1 aromatic heterocycles. The molecule has 0 fully saturated rings. The SMILES string of the molecule is CCCC(C(N)=O)C(CC(C)C)C(=O)NC1CCc2ccn3c2C1C(=O)CC(C(=O)NCc1cccc(OC)c1)C3. The van der Waals surface area contributed by atoms with Crippen LogP contribution in [0, 0.1) is 23.7 Å². The van der Waals surface area contributed by atoms with Crippen LogP contribution in [0.25, 0.3) is 0 Å². The van der Waals surface area contributed by atoms with Gasteiger partial charge in [-0.15, -0.1) is 0 Å². The largest absolute Gasteiger partial charge is 0.497 e. The van der Waals surface area contributed by atoms with Crippen LogP contribution in [0.2, 0.25) is 0 Å². The molecule has 1 aromatic carbocycles. The predicted molar refractivity (Wildman–Crippen MR) is 156 cm³/mol. The van der Waals surface area contributed by atoms with Crippen molar-refractivity contribution in [3.05, 3.63) is 53.3 Å². The van der Waals surface area contributed by atoms with Crippen molar-refractivity contribution in [1.29, 1.82) is 0 Å². The molecule has 9 heteroatoms. The van der Waals surface area contributed by atoms with E-state index in [1.54, 1.807) is 7.11 Å². The molecule has 222 valence electrons. The van der Waals surface area contributed by atoms with Gasteiger partial charge in [-0.2, -0.15) is 0 Å². The van der Waals surface area contributed by atoms with E-state index in [-0.39, 0.29) is 29.9 Å². The van der Waals surface area contributed by atoms with Crippen molar-refractivity contribution in [3.63, 3.8) is 0 Å². The molecule has 5 unspecified atom stereocenters. The summed E-state index contributed by atoms with van der Waals surface area (Å²) in [4.78, 5) is 53.1. The summed E-state index contributed by atoms with van der Waals surface area (Å²) in [5, 5.41) is 6.17. The zero-order valence-electron chi connectivity index (χ0n) is 24.7. The zero-order valence-corrected chi connectivity index (χ0v) is 24.7. The average molecular weight is 565 g/mol. The summed E-state index contributed by atoms with van der Waals surface area (Å²) < 4.78 is 7.30. The summed E-state index contributed by atoms with van der Waals surface area (Å²) in [7, 11) is 1.60. The molecular weight excluding hydrogens is 520 g/mol. The molecule has 4 rings (SSSR count). The summed E-state index contributed by atoms with van der Waals surface area (Å²) in [6.45, 7) is 6.77. The van der Waals surface area contributed by atoms with E-state index in [2.05, 4.69) is 10.6 Å². The van der Waals surface area contributed by atoms with E-state index < -0.39 is 35.6 Å². The first kappa shape index (κ1) is 30.3. The molecule has 41 heavy (non-hydrogen) atoms. The minimum absolute atomic E-state index is 0.0457. The molecule has 0 bridgehead atoms. The number of amides is 3. The lowest BCUT2D eigenvalue weighted by atomic mass is 9.78. The quantitative estimate of drug-likeness (QED) is 0.363. The van der Waals surface area contributed by atoms with Crippen LogP contribution in [-0.4, -0.2) is 41.2 Å². The molecule has 1 aliphatic heterocycles. The van der Waals surface area contributed by atoms with Gasteiger partial charge in [0.1, 0.15) is 11.5 Å². The number of benzene rings is 1. The third-order valence-electron chi connectivity index (χ3n) is 8.54.